The van der Waals surface area contributed by atoms with Crippen molar-refractivity contribution in [1.29, 1.82) is 0 Å². The number of rotatable bonds is 4. The van der Waals surface area contributed by atoms with Crippen molar-refractivity contribution in [1.82, 2.24) is 0 Å². The second-order valence-corrected chi connectivity index (χ2v) is 18.9. The van der Waals surface area contributed by atoms with Gasteiger partial charge in [0, 0.05) is 0 Å². The zero-order chi connectivity index (χ0) is 40.9. The molecule has 10 aromatic carbocycles. The monoisotopic (exact) mass is 768 g/mol. The van der Waals surface area contributed by atoms with Gasteiger partial charge < -0.3 is 0 Å². The number of hydrogen-bond donors (Lipinski definition) is 0. The highest BCUT2D eigenvalue weighted by molar-refractivity contribution is 6.31. The molecule has 10 aromatic rings. The molecule has 0 saturated carbocycles. The molecule has 0 saturated heterocycles. The molecule has 0 unspecified atom stereocenters. The normalized spacial score (nSPS) is 12.5. The Hall–Kier alpha value is -6.76. The van der Waals surface area contributed by atoms with E-state index in [0.717, 1.165) is 0 Å². The maximum Gasteiger partial charge on any atom is -0.000719 e. The fraction of sp³-hybridized carbons (Fsp3) is 0.133. The summed E-state index contributed by atoms with van der Waals surface area (Å²) in [4.78, 5) is 0. The summed E-state index contributed by atoms with van der Waals surface area (Å²) in [6.07, 6.45) is 0. The molecule has 0 radical (unpaired) electrons. The summed E-state index contributed by atoms with van der Waals surface area (Å²) in [6.45, 7) is 14.1. The predicted octanol–water partition coefficient (Wildman–Crippen LogP) is 17.2. The minimum atomic E-state index is -0.0352. The third-order valence-electron chi connectivity index (χ3n) is 13.0. The molecule has 0 atom stereocenters. The first-order chi connectivity index (χ1) is 29.0. The number of benzene rings is 10. The van der Waals surface area contributed by atoms with Crippen LogP contribution in [0.5, 0.6) is 0 Å². The van der Waals surface area contributed by atoms with Crippen molar-refractivity contribution < 1.29 is 0 Å². The summed E-state index contributed by atoms with van der Waals surface area (Å²) >= 11 is 0. The highest BCUT2D eigenvalue weighted by atomic mass is 14.4. The van der Waals surface area contributed by atoms with E-state index in [0.29, 0.717) is 0 Å². The van der Waals surface area contributed by atoms with Crippen molar-refractivity contribution in [2.24, 2.45) is 0 Å². The van der Waals surface area contributed by atoms with E-state index < -0.39 is 0 Å². The average Bonchev–Trinajstić information content (AvgIpc) is 3.58. The molecule has 0 fully saturated rings. The van der Waals surface area contributed by atoms with Crippen LogP contribution in [0.25, 0.3) is 110 Å². The second kappa shape index (κ2) is 13.4. The van der Waals surface area contributed by atoms with E-state index in [1.54, 1.807) is 0 Å². The van der Waals surface area contributed by atoms with E-state index in [9.17, 15) is 0 Å². The van der Waals surface area contributed by atoms with Crippen LogP contribution in [0, 0.1) is 0 Å². The van der Waals surface area contributed by atoms with Gasteiger partial charge >= 0.3 is 0 Å². The first-order valence-corrected chi connectivity index (χ1v) is 21.4. The van der Waals surface area contributed by atoms with Crippen LogP contribution in [-0.4, -0.2) is 0 Å². The Morgan fingerprint density at radius 1 is 0.267 bits per heavy atom. The third-order valence-corrected chi connectivity index (χ3v) is 13.0. The van der Waals surface area contributed by atoms with Crippen LogP contribution in [0.15, 0.2) is 182 Å². The maximum atomic E-state index is 2.50. The molecule has 0 bridgehead atoms. The zero-order valence-electron chi connectivity index (χ0n) is 35.3. The molecule has 11 rings (SSSR count). The molecule has 0 aromatic heterocycles. The van der Waals surface area contributed by atoms with Crippen molar-refractivity contribution in [3.8, 4) is 66.8 Å². The van der Waals surface area contributed by atoms with Gasteiger partial charge in [-0.25, -0.2) is 0 Å². The highest BCUT2D eigenvalue weighted by Gasteiger charge is 2.33. The molecule has 1 aliphatic rings. The highest BCUT2D eigenvalue weighted by Crippen LogP contribution is 2.59. The lowest BCUT2D eigenvalue weighted by Crippen LogP contribution is -2.16. The summed E-state index contributed by atoms with van der Waals surface area (Å²) < 4.78 is 0. The maximum absolute atomic E-state index is 2.50. The molecule has 0 heterocycles. The SMILES string of the molecule is CC(C)(C)c1cc(-c2c3c(c(-c4cc(-c5ccccc5)cc(-c5ccccc5)c4)c4cc5ccccc5cc24)-c2cccc4c2c-3cc2ccccc24)cc(C(C)(C)C)c1. The van der Waals surface area contributed by atoms with Gasteiger partial charge in [-0.1, -0.05) is 187 Å². The Bertz CT molecular complexity index is 3260. The van der Waals surface area contributed by atoms with Crippen molar-refractivity contribution in [3.05, 3.63) is 193 Å². The van der Waals surface area contributed by atoms with Crippen LogP contribution in [-0.2, 0) is 10.8 Å². The molecule has 0 aliphatic heterocycles. The van der Waals surface area contributed by atoms with Crippen LogP contribution in [0.3, 0.4) is 0 Å². The quantitative estimate of drug-likeness (QED) is 0.124. The van der Waals surface area contributed by atoms with Gasteiger partial charge in [-0.3, -0.25) is 0 Å². The van der Waals surface area contributed by atoms with E-state index >= 15 is 0 Å². The molecule has 0 nitrogen and oxygen atoms in total. The first kappa shape index (κ1) is 36.3. The summed E-state index contributed by atoms with van der Waals surface area (Å²) in [5, 5.41) is 10.3. The minimum absolute atomic E-state index is 0.0352. The Morgan fingerprint density at radius 2 is 0.717 bits per heavy atom. The average molecular weight is 769 g/mol. The van der Waals surface area contributed by atoms with E-state index in [1.165, 1.54) is 121 Å². The summed E-state index contributed by atoms with van der Waals surface area (Å²) in [5.41, 5.74) is 17.9. The van der Waals surface area contributed by atoms with Gasteiger partial charge in [0.05, 0.1) is 0 Å². The zero-order valence-corrected chi connectivity index (χ0v) is 35.3. The van der Waals surface area contributed by atoms with Crippen molar-refractivity contribution >= 4 is 43.1 Å². The molecule has 0 heteroatoms. The van der Waals surface area contributed by atoms with Crippen LogP contribution >= 0.6 is 0 Å². The Balaban J connectivity index is 1.38. The standard InChI is InChI=1S/C60H48/c1-59(2,3)46-31-45(32-47(36-46)60(4,5)6)55-52-34-40-23-14-13-22-39(40)33-51(52)54(44-29-42(37-18-9-7-10-19-37)28-43(30-44)38-20-11-8-12-21-38)57-50-27-17-26-49-48-25-16-15-24-41(48)35-53(56(49)50)58(55)57/h7-36H,1-6H3. The molecule has 0 spiro atoms. The lowest BCUT2D eigenvalue weighted by atomic mass is 9.76. The lowest BCUT2D eigenvalue weighted by molar-refractivity contribution is 0.569. The van der Waals surface area contributed by atoms with Gasteiger partial charge in [0.2, 0.25) is 0 Å². The van der Waals surface area contributed by atoms with Crippen LogP contribution < -0.4 is 0 Å². The molecular weight excluding hydrogens is 721 g/mol. The van der Waals surface area contributed by atoms with E-state index in [2.05, 4.69) is 224 Å². The van der Waals surface area contributed by atoms with Crippen molar-refractivity contribution in [2.75, 3.05) is 0 Å². The fourth-order valence-corrected chi connectivity index (χ4v) is 9.88. The Labute approximate surface area is 353 Å². The van der Waals surface area contributed by atoms with Gasteiger partial charge in [-0.15, -0.1) is 0 Å². The van der Waals surface area contributed by atoms with Gasteiger partial charge in [0.25, 0.3) is 0 Å². The molecule has 0 N–H and O–H groups in total. The number of fused-ring (bicyclic) bond motifs is 7. The summed E-state index contributed by atoms with van der Waals surface area (Å²) in [6, 6.07) is 68.8. The van der Waals surface area contributed by atoms with E-state index in [4.69, 9.17) is 0 Å². The molecule has 288 valence electrons. The third kappa shape index (κ3) is 5.81. The van der Waals surface area contributed by atoms with Crippen molar-refractivity contribution in [3.63, 3.8) is 0 Å². The predicted molar refractivity (Wildman–Crippen MR) is 260 cm³/mol. The molecule has 60 heavy (non-hydrogen) atoms. The number of hydrogen-bond acceptors (Lipinski definition) is 0. The van der Waals surface area contributed by atoms with Crippen LogP contribution in [0.1, 0.15) is 52.7 Å². The lowest BCUT2D eigenvalue weighted by Gasteiger charge is -2.28. The smallest absolute Gasteiger partial charge is 0.000719 e. The Morgan fingerprint density at radius 3 is 1.27 bits per heavy atom. The topological polar surface area (TPSA) is 0 Å². The minimum Gasteiger partial charge on any atom is -0.0622 e. The van der Waals surface area contributed by atoms with Crippen molar-refractivity contribution in [2.45, 2.75) is 52.4 Å². The molecule has 0 amide bonds. The van der Waals surface area contributed by atoms with Gasteiger partial charge in [0.15, 0.2) is 0 Å². The van der Waals surface area contributed by atoms with E-state index in [1.807, 2.05) is 0 Å². The van der Waals surface area contributed by atoms with Gasteiger partial charge in [-0.05, 0) is 168 Å². The largest absolute Gasteiger partial charge is 0.0622 e. The molecular formula is C60H48. The second-order valence-electron chi connectivity index (χ2n) is 18.9. The van der Waals surface area contributed by atoms with Gasteiger partial charge in [-0.2, -0.15) is 0 Å². The summed E-state index contributed by atoms with van der Waals surface area (Å²) in [5.74, 6) is 0. The van der Waals surface area contributed by atoms with Gasteiger partial charge in [0.1, 0.15) is 0 Å². The van der Waals surface area contributed by atoms with Crippen LogP contribution in [0.4, 0.5) is 0 Å². The molecule has 1 aliphatic carbocycles. The van der Waals surface area contributed by atoms with E-state index in [-0.39, 0.29) is 10.8 Å². The fourth-order valence-electron chi connectivity index (χ4n) is 9.88. The summed E-state index contributed by atoms with van der Waals surface area (Å²) in [7, 11) is 0. The van der Waals surface area contributed by atoms with Crippen LogP contribution in [0.2, 0.25) is 0 Å². The first-order valence-electron chi connectivity index (χ1n) is 21.4. The Kier molecular flexibility index (Phi) is 8.10.